The Morgan fingerprint density at radius 3 is 2.19 bits per heavy atom. The molecule has 0 saturated carbocycles. The van der Waals surface area contributed by atoms with Gasteiger partial charge in [-0.15, -0.1) is 0 Å². The van der Waals surface area contributed by atoms with Crippen molar-refractivity contribution in [1.29, 1.82) is 0 Å². The normalized spacial score (nSPS) is 14.8. The third-order valence-corrected chi connectivity index (χ3v) is 4.65. The first-order valence-electron chi connectivity index (χ1n) is 8.96. The van der Waals surface area contributed by atoms with E-state index in [2.05, 4.69) is 19.2 Å². The number of nitrogens with one attached hydrogen (secondary N) is 1. The molecule has 0 radical (unpaired) electrons. The van der Waals surface area contributed by atoms with Gasteiger partial charge < -0.3 is 24.6 Å². The van der Waals surface area contributed by atoms with Gasteiger partial charge in [0.1, 0.15) is 5.75 Å². The van der Waals surface area contributed by atoms with E-state index >= 15 is 0 Å². The minimum Gasteiger partial charge on any atom is -0.497 e. The van der Waals surface area contributed by atoms with Gasteiger partial charge in [0.25, 0.3) is 0 Å². The fourth-order valence-corrected chi connectivity index (χ4v) is 2.86. The average molecular weight is 363 g/mol. The van der Waals surface area contributed by atoms with Gasteiger partial charge >= 0.3 is 12.1 Å². The third-order valence-electron chi connectivity index (χ3n) is 4.65. The molecular weight excluding hydrogens is 334 g/mol. The number of benzene rings is 1. The average Bonchev–Trinajstić information content (AvgIpc) is 2.66. The van der Waals surface area contributed by atoms with Crippen LogP contribution in [0.25, 0.3) is 0 Å². The summed E-state index contributed by atoms with van der Waals surface area (Å²) in [5.74, 6) is 0.813. The molecule has 26 heavy (non-hydrogen) atoms. The molecule has 0 aliphatic carbocycles. The first-order chi connectivity index (χ1) is 12.4. The van der Waals surface area contributed by atoms with E-state index in [4.69, 9.17) is 9.47 Å². The molecule has 2 rings (SSSR count). The highest BCUT2D eigenvalue weighted by Crippen LogP contribution is 2.24. The monoisotopic (exact) mass is 363 g/mol. The Bertz CT molecular complexity index is 608. The highest BCUT2D eigenvalue weighted by Gasteiger charge is 2.27. The molecule has 144 valence electrons. The topological polar surface area (TPSA) is 71.1 Å². The maximum atomic E-state index is 12.4. The van der Waals surface area contributed by atoms with Gasteiger partial charge in [-0.25, -0.2) is 9.59 Å². The van der Waals surface area contributed by atoms with Crippen LogP contribution in [0.1, 0.15) is 26.3 Å². The van der Waals surface area contributed by atoms with E-state index in [0.717, 1.165) is 11.3 Å². The number of carbonyl (C=O) groups is 2. The second kappa shape index (κ2) is 8.78. The van der Waals surface area contributed by atoms with Crippen molar-refractivity contribution in [3.63, 3.8) is 0 Å². The van der Waals surface area contributed by atoms with Crippen LogP contribution >= 0.6 is 0 Å². The van der Waals surface area contributed by atoms with Crippen molar-refractivity contribution < 1.29 is 19.1 Å². The fourth-order valence-electron chi connectivity index (χ4n) is 2.86. The van der Waals surface area contributed by atoms with Crippen LogP contribution in [0.3, 0.4) is 0 Å². The van der Waals surface area contributed by atoms with Crippen molar-refractivity contribution in [3.05, 3.63) is 29.8 Å². The highest BCUT2D eigenvalue weighted by molar-refractivity contribution is 5.75. The number of ether oxygens (including phenoxy) is 2. The van der Waals surface area contributed by atoms with E-state index < -0.39 is 0 Å². The summed E-state index contributed by atoms with van der Waals surface area (Å²) in [6.07, 6.45) is -0.312. The predicted molar refractivity (Wildman–Crippen MR) is 99.6 cm³/mol. The molecule has 1 fully saturated rings. The molecule has 1 saturated heterocycles. The van der Waals surface area contributed by atoms with Gasteiger partial charge in [-0.1, -0.05) is 26.0 Å². The standard InChI is InChI=1S/C19H29N3O4/c1-5-26-18(24)22-12-10-21(11-13-22)17(23)20-14-19(2,3)15-6-8-16(25-4)9-7-15/h6-9H,5,10-14H2,1-4H3,(H,20,23). The molecule has 0 aromatic heterocycles. The van der Waals surface area contributed by atoms with E-state index in [9.17, 15) is 9.59 Å². The minimum absolute atomic E-state index is 0.102. The summed E-state index contributed by atoms with van der Waals surface area (Å²) in [6.45, 7) is 8.85. The van der Waals surface area contributed by atoms with Crippen molar-refractivity contribution in [2.75, 3.05) is 46.4 Å². The molecule has 1 heterocycles. The Morgan fingerprint density at radius 1 is 1.08 bits per heavy atom. The van der Waals surface area contributed by atoms with Crippen LogP contribution in [0.15, 0.2) is 24.3 Å². The Kier molecular flexibility index (Phi) is 6.71. The molecule has 3 amide bonds. The van der Waals surface area contributed by atoms with Crippen molar-refractivity contribution >= 4 is 12.1 Å². The zero-order valence-electron chi connectivity index (χ0n) is 16.1. The lowest BCUT2D eigenvalue weighted by atomic mass is 9.84. The van der Waals surface area contributed by atoms with Gasteiger partial charge in [-0.2, -0.15) is 0 Å². The van der Waals surface area contributed by atoms with Gasteiger partial charge in [0.2, 0.25) is 0 Å². The van der Waals surface area contributed by atoms with E-state index in [1.165, 1.54) is 0 Å². The second-order valence-corrected chi connectivity index (χ2v) is 6.94. The summed E-state index contributed by atoms with van der Waals surface area (Å²) < 4.78 is 10.2. The van der Waals surface area contributed by atoms with E-state index in [1.54, 1.807) is 23.8 Å². The molecule has 7 heteroatoms. The number of hydrogen-bond donors (Lipinski definition) is 1. The largest absolute Gasteiger partial charge is 0.497 e. The van der Waals surface area contributed by atoms with Crippen LogP contribution < -0.4 is 10.1 Å². The molecule has 7 nitrogen and oxygen atoms in total. The molecule has 0 spiro atoms. The van der Waals surface area contributed by atoms with Crippen LogP contribution in [0.2, 0.25) is 0 Å². The molecule has 1 aliphatic rings. The maximum Gasteiger partial charge on any atom is 0.409 e. The molecular formula is C19H29N3O4. The third kappa shape index (κ3) is 5.03. The summed E-state index contributed by atoms with van der Waals surface area (Å²) in [7, 11) is 1.64. The Morgan fingerprint density at radius 2 is 1.65 bits per heavy atom. The summed E-state index contributed by atoms with van der Waals surface area (Å²) >= 11 is 0. The second-order valence-electron chi connectivity index (χ2n) is 6.94. The van der Waals surface area contributed by atoms with Crippen molar-refractivity contribution in [1.82, 2.24) is 15.1 Å². The van der Waals surface area contributed by atoms with Crippen LogP contribution in [0, 0.1) is 0 Å². The molecule has 0 atom stereocenters. The lowest BCUT2D eigenvalue weighted by molar-refractivity contribution is 0.0850. The van der Waals surface area contributed by atoms with Gasteiger partial charge in [-0.05, 0) is 24.6 Å². The van der Waals surface area contributed by atoms with Crippen molar-refractivity contribution in [2.24, 2.45) is 0 Å². The fraction of sp³-hybridized carbons (Fsp3) is 0.579. The molecule has 0 bridgehead atoms. The first kappa shape index (κ1) is 19.9. The molecule has 1 aliphatic heterocycles. The zero-order chi connectivity index (χ0) is 19.2. The van der Waals surface area contributed by atoms with Crippen molar-refractivity contribution in [3.8, 4) is 5.75 Å². The van der Waals surface area contributed by atoms with E-state index in [1.807, 2.05) is 24.3 Å². The summed E-state index contributed by atoms with van der Waals surface area (Å²) in [5, 5.41) is 3.01. The number of hydrogen-bond acceptors (Lipinski definition) is 4. The molecule has 0 unspecified atom stereocenters. The SMILES string of the molecule is CCOC(=O)N1CCN(C(=O)NCC(C)(C)c2ccc(OC)cc2)CC1. The number of methoxy groups -OCH3 is 1. The van der Waals surface area contributed by atoms with E-state index in [0.29, 0.717) is 39.3 Å². The zero-order valence-corrected chi connectivity index (χ0v) is 16.1. The molecule has 1 aromatic carbocycles. The summed E-state index contributed by atoms with van der Waals surface area (Å²) in [6, 6.07) is 7.78. The Balaban J connectivity index is 1.83. The highest BCUT2D eigenvalue weighted by atomic mass is 16.6. The lowest BCUT2D eigenvalue weighted by Gasteiger charge is -2.35. The smallest absolute Gasteiger partial charge is 0.409 e. The lowest BCUT2D eigenvalue weighted by Crippen LogP contribution is -2.54. The number of carbonyl (C=O) groups excluding carboxylic acids is 2. The number of rotatable bonds is 5. The number of piperazine rings is 1. The maximum absolute atomic E-state index is 12.4. The van der Waals surface area contributed by atoms with Crippen LogP contribution in [-0.4, -0.2) is 68.4 Å². The van der Waals surface area contributed by atoms with Gasteiger partial charge in [0.05, 0.1) is 13.7 Å². The van der Waals surface area contributed by atoms with E-state index in [-0.39, 0.29) is 17.5 Å². The molecule has 1 N–H and O–H groups in total. The van der Waals surface area contributed by atoms with Gasteiger partial charge in [-0.3, -0.25) is 0 Å². The van der Waals surface area contributed by atoms with Gasteiger partial charge in [0, 0.05) is 38.1 Å². The van der Waals surface area contributed by atoms with Crippen molar-refractivity contribution in [2.45, 2.75) is 26.2 Å². The minimum atomic E-state index is -0.312. The number of nitrogens with zero attached hydrogens (tertiary/aromatic N) is 2. The number of urea groups is 1. The van der Waals surface area contributed by atoms with Crippen LogP contribution in [0.5, 0.6) is 5.75 Å². The predicted octanol–water partition coefficient (Wildman–Crippen LogP) is 2.46. The molecule has 1 aromatic rings. The van der Waals surface area contributed by atoms with Crippen LogP contribution in [-0.2, 0) is 10.2 Å². The van der Waals surface area contributed by atoms with Gasteiger partial charge in [0.15, 0.2) is 0 Å². The summed E-state index contributed by atoms with van der Waals surface area (Å²) in [4.78, 5) is 27.5. The quantitative estimate of drug-likeness (QED) is 0.872. The summed E-state index contributed by atoms with van der Waals surface area (Å²) in [5.41, 5.74) is 0.931. The Labute approximate surface area is 155 Å². The Hall–Kier alpha value is -2.44. The van der Waals surface area contributed by atoms with Crippen LogP contribution in [0.4, 0.5) is 9.59 Å². The number of amides is 3. The first-order valence-corrected chi connectivity index (χ1v) is 8.96.